The first-order valence-corrected chi connectivity index (χ1v) is 18.7. The SMILES string of the molecule is COC(=O)C(SF)(SF)C(SF)(SF)C(SF)(SF)C(SF)(SF)C(SF)(SF)C(SF)(SF)C(SF)(SF)SF. The Kier molecular flexibility index (Phi) is 20.7. The minimum atomic E-state index is -5.02. The van der Waals surface area contributed by atoms with E-state index in [1.807, 2.05) is 0 Å². The molecule has 0 aromatic rings. The molecule has 0 aliphatic rings. The van der Waals surface area contributed by atoms with Crippen LogP contribution in [0.2, 0.25) is 0 Å². The van der Waals surface area contributed by atoms with Crippen LogP contribution in [0.15, 0.2) is 0 Å². The van der Waals surface area contributed by atoms with Gasteiger partial charge >= 0.3 is 5.97 Å². The summed E-state index contributed by atoms with van der Waals surface area (Å²) in [5.41, 5.74) is 0. The highest BCUT2D eigenvalue weighted by molar-refractivity contribution is 8.34. The highest BCUT2D eigenvalue weighted by Crippen LogP contribution is 2.85. The van der Waals surface area contributed by atoms with Gasteiger partial charge in [0.05, 0.1) is 189 Å². The summed E-state index contributed by atoms with van der Waals surface area (Å²) >= 11 is -29.7. The molecule has 0 rings (SSSR count). The lowest BCUT2D eigenvalue weighted by molar-refractivity contribution is -0.141. The van der Waals surface area contributed by atoms with Crippen molar-refractivity contribution in [2.75, 3.05) is 7.11 Å². The highest BCUT2D eigenvalue weighted by atomic mass is 32.3. The van der Waals surface area contributed by atoms with Gasteiger partial charge in [0.2, 0.25) is 3.41 Å². The first-order valence-electron chi connectivity index (χ1n) is 7.94. The van der Waals surface area contributed by atoms with Crippen molar-refractivity contribution < 1.29 is 67.8 Å². The zero-order chi connectivity index (χ0) is 32.4. The lowest BCUT2D eigenvalue weighted by atomic mass is 10.0. The maximum absolute atomic E-state index is 15.0. The summed E-state index contributed by atoms with van der Waals surface area (Å²) in [7, 11) is 0.279. The van der Waals surface area contributed by atoms with Crippen LogP contribution in [-0.4, -0.2) is 41.0 Å². The average Bonchev–Trinajstić information content (AvgIpc) is 3.03. The van der Waals surface area contributed by atoms with Gasteiger partial charge in [-0.3, -0.25) is 0 Å². The second-order valence-corrected chi connectivity index (χ2v) is 19.7. The van der Waals surface area contributed by atoms with E-state index < -0.39 is 216 Å². The molecule has 0 spiro atoms. The Balaban J connectivity index is 8.87. The number of hydrogen-bond acceptors (Lipinski definition) is 17. The van der Waals surface area contributed by atoms with E-state index in [1.54, 1.807) is 0 Å². The third kappa shape index (κ3) is 6.19. The number of hydrogen-bond donors (Lipinski definition) is 0. The van der Waals surface area contributed by atoms with Crippen molar-refractivity contribution in [2.45, 2.75) is 27.9 Å². The number of methoxy groups -OCH3 is 1. The molecule has 0 saturated heterocycles. The monoisotopic (exact) mass is 908 g/mol. The number of halogens is 15. The normalized spacial score (nSPS) is 14.4. The van der Waals surface area contributed by atoms with Gasteiger partial charge in [0.1, 0.15) is 0 Å². The highest BCUT2D eigenvalue weighted by Gasteiger charge is 2.91. The van der Waals surface area contributed by atoms with Crippen LogP contribution in [0.1, 0.15) is 0 Å². The quantitative estimate of drug-likeness (QED) is 0.0585. The van der Waals surface area contributed by atoms with Gasteiger partial charge in [0.15, 0.2) is 20.4 Å². The Labute approximate surface area is 288 Å². The molecule has 0 amide bonds. The molecule has 0 N–H and O–H groups in total. The van der Waals surface area contributed by atoms with Crippen LogP contribution in [0.25, 0.3) is 0 Å². The largest absolute Gasteiger partial charge is 0.467 e. The fourth-order valence-electron chi connectivity index (χ4n) is 2.77. The van der Waals surface area contributed by atoms with Gasteiger partial charge in [-0.1, -0.05) is 0 Å². The van der Waals surface area contributed by atoms with E-state index in [-0.39, 0.29) is 7.11 Å². The number of rotatable bonds is 22. The zero-order valence-electron chi connectivity index (χ0n) is 17.6. The molecule has 0 unspecified atom stereocenters. The predicted octanol–water partition coefficient (Wildman–Crippen LogP) is 14.3. The standard InChI is InChI=1S/C9H3F15O2S15/c1-26-2(25)3(27-10,28-11)4(29-12,30-13)5(31-14,32-15)6(33-16,34-17)7(35-18,36-19)8(37-20,38-21)9(39-22,40-23)41-24/h1H3. The molecule has 0 aromatic carbocycles. The van der Waals surface area contributed by atoms with Crippen LogP contribution >= 0.6 is 182 Å². The summed E-state index contributed by atoms with van der Waals surface area (Å²) in [5.74, 6) is -2.49. The lowest BCUT2D eigenvalue weighted by Gasteiger charge is -2.59. The third-order valence-corrected chi connectivity index (χ3v) is 22.6. The molecular weight excluding hydrogens is 906 g/mol. The van der Waals surface area contributed by atoms with E-state index in [0.29, 0.717) is 0 Å². The average molecular weight is 909 g/mol. The van der Waals surface area contributed by atoms with Gasteiger partial charge < -0.3 is 4.74 Å². The number of ether oxygens (including phenoxy) is 1. The molecule has 41 heavy (non-hydrogen) atoms. The lowest BCUT2D eigenvalue weighted by Crippen LogP contribution is -2.74. The molecule has 0 atom stereocenters. The molecule has 0 saturated carbocycles. The molecule has 0 aromatic heterocycles. The topological polar surface area (TPSA) is 26.3 Å². The minimum absolute atomic E-state index is 0.279. The van der Waals surface area contributed by atoms with Crippen molar-refractivity contribution in [1.29, 1.82) is 0 Å². The first kappa shape index (κ1) is 44.7. The minimum Gasteiger partial charge on any atom is -0.467 e. The Hall–Kier alpha value is 3.67. The summed E-state index contributed by atoms with van der Waals surface area (Å²) in [6.07, 6.45) is 0. The summed E-state index contributed by atoms with van der Waals surface area (Å²) < 4.78 is 190. The van der Waals surface area contributed by atoms with Crippen molar-refractivity contribution in [3.05, 3.63) is 0 Å². The van der Waals surface area contributed by atoms with E-state index >= 15 is 7.77 Å². The zero-order valence-corrected chi connectivity index (χ0v) is 29.9. The van der Waals surface area contributed by atoms with Gasteiger partial charge in [0.25, 0.3) is 4.08 Å². The van der Waals surface area contributed by atoms with E-state index in [0.717, 1.165) is 0 Å². The molecule has 0 radical (unpaired) electrons. The van der Waals surface area contributed by atoms with Crippen molar-refractivity contribution in [3.63, 3.8) is 0 Å². The molecular formula is C9H3F15O2S15. The number of carbonyl (C=O) groups is 1. The van der Waals surface area contributed by atoms with E-state index in [2.05, 4.69) is 4.74 Å². The van der Waals surface area contributed by atoms with Crippen LogP contribution < -0.4 is 0 Å². The van der Waals surface area contributed by atoms with E-state index in [4.69, 9.17) is 0 Å². The van der Waals surface area contributed by atoms with Crippen molar-refractivity contribution in [1.82, 2.24) is 0 Å². The Morgan fingerprint density at radius 2 is 0.634 bits per heavy atom. The first-order chi connectivity index (χ1) is 19.4. The summed E-state index contributed by atoms with van der Waals surface area (Å²) in [4.78, 5) is 12.4. The van der Waals surface area contributed by atoms with Crippen molar-refractivity contribution >= 4 is 188 Å². The summed E-state index contributed by atoms with van der Waals surface area (Å²) in [6.45, 7) is 0. The Morgan fingerprint density at radius 1 is 0.390 bits per heavy atom. The number of carbonyl (C=O) groups excluding carboxylic acids is 1. The maximum Gasteiger partial charge on any atom is 0.340 e. The molecule has 246 valence electrons. The molecule has 0 heterocycles. The third-order valence-electron chi connectivity index (χ3n) is 4.63. The van der Waals surface area contributed by atoms with Crippen LogP contribution in [-0.2, 0) is 9.53 Å². The predicted molar refractivity (Wildman–Crippen MR) is 162 cm³/mol. The molecule has 0 aliphatic heterocycles. The van der Waals surface area contributed by atoms with Crippen molar-refractivity contribution in [3.8, 4) is 0 Å². The van der Waals surface area contributed by atoms with Crippen LogP contribution in [0.3, 0.4) is 0 Å². The molecule has 0 fully saturated rings. The number of esters is 1. The fourth-order valence-corrected chi connectivity index (χ4v) is 16.2. The van der Waals surface area contributed by atoms with Gasteiger partial charge in [0, 0.05) is 0 Å². The van der Waals surface area contributed by atoms with Gasteiger partial charge in [-0.25, -0.2) is 4.79 Å². The van der Waals surface area contributed by atoms with Crippen LogP contribution in [0.5, 0.6) is 0 Å². The summed E-state index contributed by atoms with van der Waals surface area (Å²) in [6, 6.07) is 0. The molecule has 2 nitrogen and oxygen atoms in total. The summed E-state index contributed by atoms with van der Waals surface area (Å²) in [5, 5.41) is 0. The van der Waals surface area contributed by atoms with Gasteiger partial charge in [-0.15, -0.1) is 0 Å². The maximum atomic E-state index is 15.0. The van der Waals surface area contributed by atoms with Crippen molar-refractivity contribution in [2.24, 2.45) is 0 Å². The van der Waals surface area contributed by atoms with Crippen LogP contribution in [0.4, 0.5) is 58.3 Å². The molecule has 0 aliphatic carbocycles. The second kappa shape index (κ2) is 19.0. The fraction of sp³-hybridized carbons (Fsp3) is 0.889. The van der Waals surface area contributed by atoms with Crippen LogP contribution in [0, 0.1) is 0 Å². The Bertz CT molecular complexity index is 786. The molecule has 0 bridgehead atoms. The Morgan fingerprint density at radius 3 is 0.829 bits per heavy atom. The van der Waals surface area contributed by atoms with E-state index in [1.165, 1.54) is 0 Å². The van der Waals surface area contributed by atoms with E-state index in [9.17, 15) is 55.3 Å². The smallest absolute Gasteiger partial charge is 0.340 e. The van der Waals surface area contributed by atoms with Gasteiger partial charge in [-0.2, -0.15) is 58.3 Å². The molecule has 32 heteroatoms. The second-order valence-electron chi connectivity index (χ2n) is 5.90. The van der Waals surface area contributed by atoms with Gasteiger partial charge in [-0.05, 0) is 0 Å².